The first-order valence-corrected chi connectivity index (χ1v) is 3.45. The Morgan fingerprint density at radius 1 is 1.75 bits per heavy atom. The van der Waals surface area contributed by atoms with Crippen molar-refractivity contribution in [3.63, 3.8) is 0 Å². The highest BCUT2D eigenvalue weighted by Crippen LogP contribution is 2.17. The van der Waals surface area contributed by atoms with Crippen LogP contribution in [0.1, 0.15) is 6.42 Å². The summed E-state index contributed by atoms with van der Waals surface area (Å²) in [7, 11) is 2.65. The van der Waals surface area contributed by atoms with Crippen LogP contribution < -0.4 is 0 Å². The molecular formula is C5H12NOP. The third-order valence-electron chi connectivity index (χ3n) is 1.58. The van der Waals surface area contributed by atoms with E-state index in [1.165, 1.54) is 0 Å². The molecule has 1 fully saturated rings. The monoisotopic (exact) mass is 133 g/mol. The summed E-state index contributed by atoms with van der Waals surface area (Å²) in [4.78, 5) is 0. The molecule has 48 valence electrons. The molecule has 2 atom stereocenters. The van der Waals surface area contributed by atoms with E-state index in [0.717, 1.165) is 19.5 Å². The smallest absolute Gasteiger partial charge is 0.0472 e. The lowest BCUT2D eigenvalue weighted by atomic mass is 10.1. The van der Waals surface area contributed by atoms with Gasteiger partial charge in [-0.25, -0.2) is 0 Å². The average molecular weight is 133 g/mol. The van der Waals surface area contributed by atoms with E-state index >= 15 is 0 Å². The van der Waals surface area contributed by atoms with Crippen LogP contribution >= 0.6 is 9.39 Å². The molecule has 0 bridgehead atoms. The van der Waals surface area contributed by atoms with E-state index in [1.54, 1.807) is 0 Å². The molecule has 0 amide bonds. The van der Waals surface area contributed by atoms with E-state index in [4.69, 9.17) is 5.11 Å². The SMILES string of the molecule is OCC1CCN(P)C1. The summed E-state index contributed by atoms with van der Waals surface area (Å²) in [6.45, 7) is 2.52. The summed E-state index contributed by atoms with van der Waals surface area (Å²) in [6, 6.07) is 0. The topological polar surface area (TPSA) is 23.5 Å². The van der Waals surface area contributed by atoms with Crippen molar-refractivity contribution in [2.45, 2.75) is 6.42 Å². The van der Waals surface area contributed by atoms with Gasteiger partial charge >= 0.3 is 0 Å². The Morgan fingerprint density at radius 2 is 2.50 bits per heavy atom. The zero-order chi connectivity index (χ0) is 5.98. The first-order chi connectivity index (χ1) is 3.83. The number of aliphatic hydroxyl groups is 1. The van der Waals surface area contributed by atoms with E-state index in [1.807, 2.05) is 0 Å². The predicted octanol–water partition coefficient (Wildman–Crippen LogP) is 0.0907. The first kappa shape index (κ1) is 6.47. The van der Waals surface area contributed by atoms with Crippen LogP contribution in [-0.4, -0.2) is 29.5 Å². The Hall–Kier alpha value is 0.350. The van der Waals surface area contributed by atoms with Gasteiger partial charge in [-0.1, -0.05) is 9.39 Å². The molecule has 2 unspecified atom stereocenters. The van der Waals surface area contributed by atoms with E-state index in [-0.39, 0.29) is 0 Å². The molecule has 1 aliphatic rings. The molecular weight excluding hydrogens is 121 g/mol. The third kappa shape index (κ3) is 1.41. The highest BCUT2D eigenvalue weighted by atomic mass is 31.0. The zero-order valence-corrected chi connectivity index (χ0v) is 6.03. The van der Waals surface area contributed by atoms with Gasteiger partial charge in [-0.05, 0) is 12.3 Å². The molecule has 1 saturated heterocycles. The number of rotatable bonds is 1. The van der Waals surface area contributed by atoms with Gasteiger partial charge in [0.2, 0.25) is 0 Å². The van der Waals surface area contributed by atoms with Crippen molar-refractivity contribution in [1.29, 1.82) is 0 Å². The summed E-state index contributed by atoms with van der Waals surface area (Å²) < 4.78 is 2.17. The summed E-state index contributed by atoms with van der Waals surface area (Å²) in [5.74, 6) is 0.535. The molecule has 0 aromatic rings. The highest BCUT2D eigenvalue weighted by molar-refractivity contribution is 7.13. The molecule has 0 radical (unpaired) electrons. The molecule has 8 heavy (non-hydrogen) atoms. The standard InChI is InChI=1S/C5H12NOP/c7-4-5-1-2-6(8)3-5/h5,7H,1-4,8H2. The Kier molecular flexibility index (Phi) is 2.24. The second-order valence-electron chi connectivity index (χ2n) is 2.33. The maximum absolute atomic E-state index is 8.65. The minimum atomic E-state index is 0.352. The maximum Gasteiger partial charge on any atom is 0.0472 e. The lowest BCUT2D eigenvalue weighted by Crippen LogP contribution is -2.09. The van der Waals surface area contributed by atoms with Gasteiger partial charge in [0.25, 0.3) is 0 Å². The van der Waals surface area contributed by atoms with Crippen LogP contribution in [0.15, 0.2) is 0 Å². The molecule has 0 saturated carbocycles. The van der Waals surface area contributed by atoms with Gasteiger partial charge < -0.3 is 5.11 Å². The molecule has 1 N–H and O–H groups in total. The molecule has 1 aliphatic heterocycles. The molecule has 0 spiro atoms. The minimum Gasteiger partial charge on any atom is -0.396 e. The Balaban J connectivity index is 2.22. The van der Waals surface area contributed by atoms with E-state index in [0.29, 0.717) is 12.5 Å². The third-order valence-corrected chi connectivity index (χ3v) is 2.04. The Morgan fingerprint density at radius 3 is 2.75 bits per heavy atom. The van der Waals surface area contributed by atoms with Crippen LogP contribution in [0.4, 0.5) is 0 Å². The van der Waals surface area contributed by atoms with Crippen LogP contribution in [0.2, 0.25) is 0 Å². The zero-order valence-electron chi connectivity index (χ0n) is 4.88. The highest BCUT2D eigenvalue weighted by Gasteiger charge is 2.17. The fraction of sp³-hybridized carbons (Fsp3) is 1.00. The molecule has 0 aromatic carbocycles. The van der Waals surface area contributed by atoms with E-state index < -0.39 is 0 Å². The normalized spacial score (nSPS) is 31.5. The van der Waals surface area contributed by atoms with Gasteiger partial charge in [-0.2, -0.15) is 0 Å². The molecule has 0 aromatic heterocycles. The van der Waals surface area contributed by atoms with E-state index in [9.17, 15) is 0 Å². The molecule has 2 nitrogen and oxygen atoms in total. The number of hydrogen-bond donors (Lipinski definition) is 1. The minimum absolute atomic E-state index is 0.352. The summed E-state index contributed by atoms with van der Waals surface area (Å²) >= 11 is 0. The van der Waals surface area contributed by atoms with Gasteiger partial charge in [0, 0.05) is 19.7 Å². The van der Waals surface area contributed by atoms with Gasteiger partial charge in [-0.3, -0.25) is 4.67 Å². The Labute approximate surface area is 52.1 Å². The van der Waals surface area contributed by atoms with Crippen LogP contribution in [-0.2, 0) is 0 Å². The Bertz CT molecular complexity index is 78.8. The van der Waals surface area contributed by atoms with Crippen LogP contribution in [0.3, 0.4) is 0 Å². The average Bonchev–Trinajstić information content (AvgIpc) is 2.14. The molecule has 3 heteroatoms. The quantitative estimate of drug-likeness (QED) is 0.512. The number of nitrogens with zero attached hydrogens (tertiary/aromatic N) is 1. The fourth-order valence-electron chi connectivity index (χ4n) is 1.01. The number of hydrogen-bond acceptors (Lipinski definition) is 2. The summed E-state index contributed by atoms with van der Waals surface area (Å²) in [5.41, 5.74) is 0. The maximum atomic E-state index is 8.65. The second kappa shape index (κ2) is 2.77. The summed E-state index contributed by atoms with van der Waals surface area (Å²) in [6.07, 6.45) is 1.15. The lowest BCUT2D eigenvalue weighted by Gasteiger charge is -2.05. The molecule has 1 heterocycles. The fourth-order valence-corrected chi connectivity index (χ4v) is 1.46. The molecule has 1 rings (SSSR count). The number of aliphatic hydroxyl groups excluding tert-OH is 1. The van der Waals surface area contributed by atoms with Gasteiger partial charge in [0.1, 0.15) is 0 Å². The van der Waals surface area contributed by atoms with Gasteiger partial charge in [0.15, 0.2) is 0 Å². The van der Waals surface area contributed by atoms with Crippen molar-refractivity contribution in [3.05, 3.63) is 0 Å². The van der Waals surface area contributed by atoms with Crippen molar-refractivity contribution in [2.24, 2.45) is 5.92 Å². The van der Waals surface area contributed by atoms with Gasteiger partial charge in [-0.15, -0.1) is 0 Å². The van der Waals surface area contributed by atoms with Crippen LogP contribution in [0.5, 0.6) is 0 Å². The van der Waals surface area contributed by atoms with Crippen molar-refractivity contribution in [1.82, 2.24) is 4.67 Å². The van der Waals surface area contributed by atoms with Crippen molar-refractivity contribution in [3.8, 4) is 0 Å². The van der Waals surface area contributed by atoms with Gasteiger partial charge in [0.05, 0.1) is 0 Å². The van der Waals surface area contributed by atoms with Crippen molar-refractivity contribution in [2.75, 3.05) is 19.7 Å². The van der Waals surface area contributed by atoms with Crippen LogP contribution in [0.25, 0.3) is 0 Å². The van der Waals surface area contributed by atoms with Crippen molar-refractivity contribution < 1.29 is 5.11 Å². The lowest BCUT2D eigenvalue weighted by molar-refractivity contribution is 0.234. The van der Waals surface area contributed by atoms with Crippen LogP contribution in [0, 0.1) is 5.92 Å². The predicted molar refractivity (Wildman–Crippen MR) is 36.5 cm³/mol. The van der Waals surface area contributed by atoms with Crippen molar-refractivity contribution >= 4 is 9.39 Å². The molecule has 0 aliphatic carbocycles. The summed E-state index contributed by atoms with van der Waals surface area (Å²) in [5, 5.41) is 8.65. The second-order valence-corrected chi connectivity index (χ2v) is 3.06. The largest absolute Gasteiger partial charge is 0.396 e. The first-order valence-electron chi connectivity index (χ1n) is 2.93. The van der Waals surface area contributed by atoms with E-state index in [2.05, 4.69) is 14.1 Å².